The Hall–Kier alpha value is -1.97. The van der Waals surface area contributed by atoms with Crippen LogP contribution in [-0.4, -0.2) is 25.5 Å². The molecule has 128 valence electrons. The molecule has 0 saturated carbocycles. The van der Waals surface area contributed by atoms with Crippen LogP contribution >= 0.6 is 23.2 Å². The molecule has 0 aliphatic carbocycles. The number of anilines is 2. The maximum atomic E-state index is 13.2. The zero-order valence-corrected chi connectivity index (χ0v) is 15.2. The van der Waals surface area contributed by atoms with Crippen LogP contribution in [0, 0.1) is 0 Å². The van der Waals surface area contributed by atoms with Crippen LogP contribution in [0.4, 0.5) is 11.4 Å². The van der Waals surface area contributed by atoms with Gasteiger partial charge < -0.3 is 9.80 Å². The lowest BCUT2D eigenvalue weighted by molar-refractivity contribution is 0.0989. The molecule has 3 nitrogen and oxygen atoms in total. The topological polar surface area (TPSA) is 23.6 Å². The van der Waals surface area contributed by atoms with E-state index < -0.39 is 0 Å². The predicted octanol–water partition coefficient (Wildman–Crippen LogP) is 5.27. The molecule has 25 heavy (non-hydrogen) atoms. The average molecular weight is 373 g/mol. The van der Waals surface area contributed by atoms with Crippen molar-refractivity contribution >= 4 is 46.6 Å². The fourth-order valence-electron chi connectivity index (χ4n) is 3.54. The predicted molar refractivity (Wildman–Crippen MR) is 105 cm³/mol. The average Bonchev–Trinajstić information content (AvgIpc) is 3.17. The van der Waals surface area contributed by atoms with E-state index in [0.29, 0.717) is 22.2 Å². The maximum absolute atomic E-state index is 13.2. The summed E-state index contributed by atoms with van der Waals surface area (Å²) in [4.78, 5) is 17.4. The normalized spacial score (nSPS) is 16.2. The summed E-state index contributed by atoms with van der Waals surface area (Å²) in [5.74, 6) is -0.0594. The number of rotatable bonds is 2. The molecule has 1 fully saturated rings. The van der Waals surface area contributed by atoms with Crippen LogP contribution < -0.4 is 9.80 Å². The Kier molecular flexibility index (Phi) is 4.45. The minimum atomic E-state index is -0.0594. The van der Waals surface area contributed by atoms with Gasteiger partial charge in [0, 0.05) is 30.8 Å². The zero-order valence-electron chi connectivity index (χ0n) is 13.7. The Morgan fingerprint density at radius 2 is 1.80 bits per heavy atom. The number of para-hydroxylation sites is 1. The lowest BCUT2D eigenvalue weighted by atomic mass is 10.0. The largest absolute Gasteiger partial charge is 0.370 e. The number of nitrogens with zero attached hydrogens (tertiary/aromatic N) is 2. The number of halogens is 2. The molecule has 2 aromatic rings. The van der Waals surface area contributed by atoms with Gasteiger partial charge in [-0.1, -0.05) is 47.5 Å². The third kappa shape index (κ3) is 3.03. The molecular formula is C20H18Cl2N2O. The SMILES string of the molecule is O=C(c1ccc(Cl)c(Cl)c1)N1CC=Cc2cccc(N3CCCC3)c21. The second-order valence-corrected chi connectivity index (χ2v) is 7.17. The number of amides is 1. The van der Waals surface area contributed by atoms with Crippen LogP contribution in [-0.2, 0) is 0 Å². The minimum absolute atomic E-state index is 0.0594. The molecule has 0 unspecified atom stereocenters. The van der Waals surface area contributed by atoms with Gasteiger partial charge in [-0.15, -0.1) is 0 Å². The standard InChI is InChI=1S/C20H18Cl2N2O/c21-16-9-8-15(13-17(16)22)20(25)24-12-4-6-14-5-3-7-18(19(14)24)23-10-1-2-11-23/h3-9,13H,1-2,10-12H2. The van der Waals surface area contributed by atoms with E-state index in [1.54, 1.807) is 18.2 Å². The van der Waals surface area contributed by atoms with E-state index in [1.165, 1.54) is 12.8 Å². The first-order valence-corrected chi connectivity index (χ1v) is 9.22. The molecule has 0 bridgehead atoms. The van der Waals surface area contributed by atoms with E-state index in [4.69, 9.17) is 23.2 Å². The van der Waals surface area contributed by atoms with Gasteiger partial charge in [0.05, 0.1) is 21.4 Å². The highest BCUT2D eigenvalue weighted by Crippen LogP contribution is 2.38. The molecule has 2 heterocycles. The fourth-order valence-corrected chi connectivity index (χ4v) is 3.83. The van der Waals surface area contributed by atoms with Gasteiger partial charge in [0.25, 0.3) is 5.91 Å². The van der Waals surface area contributed by atoms with Crippen LogP contribution in [0.3, 0.4) is 0 Å². The van der Waals surface area contributed by atoms with E-state index in [0.717, 1.165) is 30.0 Å². The molecule has 2 aliphatic rings. The number of fused-ring (bicyclic) bond motifs is 1. The summed E-state index contributed by atoms with van der Waals surface area (Å²) < 4.78 is 0. The van der Waals surface area contributed by atoms with Gasteiger partial charge in [-0.3, -0.25) is 4.79 Å². The molecule has 0 aromatic heterocycles. The van der Waals surface area contributed by atoms with Crippen LogP contribution in [0.2, 0.25) is 10.0 Å². The quantitative estimate of drug-likeness (QED) is 0.716. The summed E-state index contributed by atoms with van der Waals surface area (Å²) in [5, 5.41) is 0.850. The van der Waals surface area contributed by atoms with Crippen molar-refractivity contribution in [2.45, 2.75) is 12.8 Å². The molecule has 0 radical (unpaired) electrons. The van der Waals surface area contributed by atoms with Gasteiger partial charge in [-0.25, -0.2) is 0 Å². The Balaban J connectivity index is 1.76. The second-order valence-electron chi connectivity index (χ2n) is 6.36. The van der Waals surface area contributed by atoms with Crippen molar-refractivity contribution < 1.29 is 4.79 Å². The van der Waals surface area contributed by atoms with Gasteiger partial charge >= 0.3 is 0 Å². The number of hydrogen-bond donors (Lipinski definition) is 0. The van der Waals surface area contributed by atoms with Crippen molar-refractivity contribution in [2.24, 2.45) is 0 Å². The smallest absolute Gasteiger partial charge is 0.258 e. The van der Waals surface area contributed by atoms with Crippen molar-refractivity contribution in [1.82, 2.24) is 0 Å². The van der Waals surface area contributed by atoms with Crippen LogP contribution in [0.25, 0.3) is 6.08 Å². The van der Waals surface area contributed by atoms with Crippen molar-refractivity contribution in [3.05, 3.63) is 63.6 Å². The van der Waals surface area contributed by atoms with Crippen molar-refractivity contribution in [3.8, 4) is 0 Å². The van der Waals surface area contributed by atoms with E-state index in [2.05, 4.69) is 29.2 Å². The molecule has 5 heteroatoms. The van der Waals surface area contributed by atoms with Gasteiger partial charge in [0.2, 0.25) is 0 Å². The van der Waals surface area contributed by atoms with Crippen molar-refractivity contribution in [1.29, 1.82) is 0 Å². The number of hydrogen-bond acceptors (Lipinski definition) is 2. The van der Waals surface area contributed by atoms with Crippen molar-refractivity contribution in [3.63, 3.8) is 0 Å². The highest BCUT2D eigenvalue weighted by Gasteiger charge is 2.27. The lowest BCUT2D eigenvalue weighted by Gasteiger charge is -2.32. The van der Waals surface area contributed by atoms with E-state index in [9.17, 15) is 4.79 Å². The molecule has 2 aliphatic heterocycles. The Morgan fingerprint density at radius 1 is 1.00 bits per heavy atom. The summed E-state index contributed by atoms with van der Waals surface area (Å²) in [5.41, 5.74) is 3.74. The monoisotopic (exact) mass is 372 g/mol. The van der Waals surface area contributed by atoms with Gasteiger partial charge in [0.15, 0.2) is 0 Å². The molecule has 4 rings (SSSR count). The first-order valence-electron chi connectivity index (χ1n) is 8.46. The summed E-state index contributed by atoms with van der Waals surface area (Å²) in [7, 11) is 0. The minimum Gasteiger partial charge on any atom is -0.370 e. The Labute approximate surface area is 157 Å². The van der Waals surface area contributed by atoms with Crippen LogP contribution in [0.1, 0.15) is 28.8 Å². The van der Waals surface area contributed by atoms with E-state index >= 15 is 0 Å². The van der Waals surface area contributed by atoms with Crippen LogP contribution in [0.5, 0.6) is 0 Å². The Morgan fingerprint density at radius 3 is 2.56 bits per heavy atom. The molecule has 1 saturated heterocycles. The first-order chi connectivity index (χ1) is 12.1. The zero-order chi connectivity index (χ0) is 17.4. The van der Waals surface area contributed by atoms with Crippen LogP contribution in [0.15, 0.2) is 42.5 Å². The first kappa shape index (κ1) is 16.5. The third-order valence-corrected chi connectivity index (χ3v) is 5.50. The molecular weight excluding hydrogens is 355 g/mol. The van der Waals surface area contributed by atoms with Gasteiger partial charge in [0.1, 0.15) is 0 Å². The Bertz CT molecular complexity index is 857. The fraction of sp³-hybridized carbons (Fsp3) is 0.250. The van der Waals surface area contributed by atoms with Gasteiger partial charge in [-0.05, 0) is 37.1 Å². The van der Waals surface area contributed by atoms with Crippen molar-refractivity contribution in [2.75, 3.05) is 29.4 Å². The number of benzene rings is 2. The number of carbonyl (C=O) groups excluding carboxylic acids is 1. The summed E-state index contributed by atoms with van der Waals surface area (Å²) >= 11 is 12.1. The molecule has 0 atom stereocenters. The molecule has 2 aromatic carbocycles. The third-order valence-electron chi connectivity index (χ3n) is 4.76. The highest BCUT2D eigenvalue weighted by atomic mass is 35.5. The summed E-state index contributed by atoms with van der Waals surface area (Å²) in [6.45, 7) is 2.63. The molecule has 0 spiro atoms. The van der Waals surface area contributed by atoms with E-state index in [1.807, 2.05) is 11.0 Å². The second kappa shape index (κ2) is 6.74. The molecule has 0 N–H and O–H groups in total. The summed E-state index contributed by atoms with van der Waals surface area (Å²) in [6.07, 6.45) is 6.50. The lowest BCUT2D eigenvalue weighted by Crippen LogP contribution is -2.35. The summed E-state index contributed by atoms with van der Waals surface area (Å²) in [6, 6.07) is 11.3. The molecule has 1 amide bonds. The van der Waals surface area contributed by atoms with E-state index in [-0.39, 0.29) is 5.91 Å². The maximum Gasteiger partial charge on any atom is 0.258 e. The number of carbonyl (C=O) groups is 1. The highest BCUT2D eigenvalue weighted by molar-refractivity contribution is 6.42. The van der Waals surface area contributed by atoms with Gasteiger partial charge in [-0.2, -0.15) is 0 Å².